The third kappa shape index (κ3) is 3.83. The highest BCUT2D eigenvalue weighted by Crippen LogP contribution is 2.17. The van der Waals surface area contributed by atoms with Crippen molar-refractivity contribution >= 4 is 21.8 Å². The maximum atomic E-state index is 11.8. The van der Waals surface area contributed by atoms with E-state index in [0.29, 0.717) is 12.1 Å². The van der Waals surface area contributed by atoms with E-state index >= 15 is 0 Å². The van der Waals surface area contributed by atoms with E-state index in [1.165, 1.54) is 0 Å². The molecule has 0 atom stereocenters. The predicted molar refractivity (Wildman–Crippen MR) is 77.8 cm³/mol. The van der Waals surface area contributed by atoms with Gasteiger partial charge in [-0.1, -0.05) is 52.3 Å². The van der Waals surface area contributed by atoms with Crippen molar-refractivity contribution in [1.29, 1.82) is 0 Å². The maximum absolute atomic E-state index is 11.8. The van der Waals surface area contributed by atoms with Gasteiger partial charge in [0.1, 0.15) is 5.75 Å². The summed E-state index contributed by atoms with van der Waals surface area (Å²) < 4.78 is 0.970. The van der Waals surface area contributed by atoms with Crippen LogP contribution in [0.15, 0.2) is 53.0 Å². The van der Waals surface area contributed by atoms with Crippen LogP contribution in [0.4, 0.5) is 0 Å². The molecule has 3 nitrogen and oxygen atoms in total. The van der Waals surface area contributed by atoms with Crippen molar-refractivity contribution in [3.63, 3.8) is 0 Å². The van der Waals surface area contributed by atoms with Crippen molar-refractivity contribution in [2.75, 3.05) is 0 Å². The van der Waals surface area contributed by atoms with Crippen LogP contribution in [-0.2, 0) is 17.8 Å². The highest BCUT2D eigenvalue weighted by atomic mass is 79.9. The lowest BCUT2D eigenvalue weighted by Crippen LogP contribution is -2.24. The second-order valence-corrected chi connectivity index (χ2v) is 5.03. The fourth-order valence-corrected chi connectivity index (χ4v) is 2.16. The standard InChI is InChI=1S/C15H14BrNO2/c16-13-7-3-1-6-12(13)10-17-15(19)9-11-5-2-4-8-14(11)18/h1-8,18H,9-10H2,(H,17,19). The molecule has 0 spiro atoms. The first-order valence-electron chi connectivity index (χ1n) is 5.94. The number of hydrogen-bond acceptors (Lipinski definition) is 2. The zero-order valence-electron chi connectivity index (χ0n) is 10.3. The van der Waals surface area contributed by atoms with E-state index < -0.39 is 0 Å². The molecule has 0 radical (unpaired) electrons. The Morgan fingerprint density at radius 1 is 1.05 bits per heavy atom. The van der Waals surface area contributed by atoms with Crippen molar-refractivity contribution < 1.29 is 9.90 Å². The summed E-state index contributed by atoms with van der Waals surface area (Å²) in [5.74, 6) is 0.0378. The molecule has 0 aromatic heterocycles. The Bertz CT molecular complexity index is 584. The third-order valence-corrected chi connectivity index (χ3v) is 3.55. The molecule has 2 aromatic carbocycles. The minimum Gasteiger partial charge on any atom is -0.508 e. The van der Waals surface area contributed by atoms with Crippen LogP contribution in [0.1, 0.15) is 11.1 Å². The quantitative estimate of drug-likeness (QED) is 0.910. The number of amides is 1. The topological polar surface area (TPSA) is 49.3 Å². The Balaban J connectivity index is 1.92. The average molecular weight is 320 g/mol. The molecule has 0 fully saturated rings. The van der Waals surface area contributed by atoms with Gasteiger partial charge in [-0.3, -0.25) is 4.79 Å². The highest BCUT2D eigenvalue weighted by molar-refractivity contribution is 9.10. The van der Waals surface area contributed by atoms with Crippen LogP contribution >= 0.6 is 15.9 Å². The van der Waals surface area contributed by atoms with Gasteiger partial charge < -0.3 is 10.4 Å². The largest absolute Gasteiger partial charge is 0.508 e. The second kappa shape index (κ2) is 6.38. The summed E-state index contributed by atoms with van der Waals surface area (Å²) in [4.78, 5) is 11.8. The Labute approximate surface area is 120 Å². The zero-order valence-corrected chi connectivity index (χ0v) is 11.9. The van der Waals surface area contributed by atoms with Crippen molar-refractivity contribution in [1.82, 2.24) is 5.32 Å². The Morgan fingerprint density at radius 3 is 2.37 bits per heavy atom. The fraction of sp³-hybridized carbons (Fsp3) is 0.133. The molecule has 0 aliphatic carbocycles. The molecule has 19 heavy (non-hydrogen) atoms. The average Bonchev–Trinajstić information content (AvgIpc) is 2.40. The summed E-state index contributed by atoms with van der Waals surface area (Å²) in [6.07, 6.45) is 0.178. The molecule has 2 N–H and O–H groups in total. The number of phenols is 1. The summed E-state index contributed by atoms with van der Waals surface area (Å²) in [6.45, 7) is 0.466. The van der Waals surface area contributed by atoms with E-state index in [4.69, 9.17) is 0 Å². The molecule has 0 aliphatic heterocycles. The minimum atomic E-state index is -0.114. The Hall–Kier alpha value is -1.81. The lowest BCUT2D eigenvalue weighted by Gasteiger charge is -2.08. The van der Waals surface area contributed by atoms with E-state index in [0.717, 1.165) is 10.0 Å². The first kappa shape index (κ1) is 13.6. The molecule has 4 heteroatoms. The first-order chi connectivity index (χ1) is 9.16. The summed E-state index contributed by atoms with van der Waals surface area (Å²) in [7, 11) is 0. The normalized spacial score (nSPS) is 10.2. The summed E-state index contributed by atoms with van der Waals surface area (Å²) in [5.41, 5.74) is 1.65. The number of carbonyl (C=O) groups is 1. The number of halogens is 1. The number of hydrogen-bond donors (Lipinski definition) is 2. The Morgan fingerprint density at radius 2 is 1.68 bits per heavy atom. The van der Waals surface area contributed by atoms with Gasteiger partial charge in [-0.2, -0.15) is 0 Å². The summed E-state index contributed by atoms with van der Waals surface area (Å²) >= 11 is 3.43. The van der Waals surface area contributed by atoms with E-state index in [-0.39, 0.29) is 18.1 Å². The van der Waals surface area contributed by atoms with Crippen LogP contribution in [0.3, 0.4) is 0 Å². The van der Waals surface area contributed by atoms with Gasteiger partial charge in [0, 0.05) is 16.6 Å². The van der Waals surface area contributed by atoms with Crippen molar-refractivity contribution in [2.24, 2.45) is 0 Å². The van der Waals surface area contributed by atoms with Gasteiger partial charge in [-0.05, 0) is 17.7 Å². The van der Waals surface area contributed by atoms with Crippen LogP contribution in [0.2, 0.25) is 0 Å². The molecule has 0 bridgehead atoms. The predicted octanol–water partition coefficient (Wildman–Crippen LogP) is 3.01. The van der Waals surface area contributed by atoms with Crippen molar-refractivity contribution in [2.45, 2.75) is 13.0 Å². The molecule has 0 saturated heterocycles. The SMILES string of the molecule is O=C(Cc1ccccc1O)NCc1ccccc1Br. The van der Waals surface area contributed by atoms with Gasteiger partial charge >= 0.3 is 0 Å². The van der Waals surface area contributed by atoms with Crippen LogP contribution in [-0.4, -0.2) is 11.0 Å². The number of rotatable bonds is 4. The number of benzene rings is 2. The molecular weight excluding hydrogens is 306 g/mol. The number of phenolic OH excluding ortho intramolecular Hbond substituents is 1. The van der Waals surface area contributed by atoms with Gasteiger partial charge in [0.2, 0.25) is 5.91 Å². The number of nitrogens with one attached hydrogen (secondary N) is 1. The Kier molecular flexibility index (Phi) is 4.58. The zero-order chi connectivity index (χ0) is 13.7. The van der Waals surface area contributed by atoms with Gasteiger partial charge in [-0.25, -0.2) is 0 Å². The van der Waals surface area contributed by atoms with Crippen molar-refractivity contribution in [3.8, 4) is 5.75 Å². The number of aromatic hydroxyl groups is 1. The van der Waals surface area contributed by atoms with Crippen LogP contribution in [0, 0.1) is 0 Å². The molecule has 1 amide bonds. The maximum Gasteiger partial charge on any atom is 0.224 e. The third-order valence-electron chi connectivity index (χ3n) is 2.78. The molecular formula is C15H14BrNO2. The highest BCUT2D eigenvalue weighted by Gasteiger charge is 2.07. The molecule has 98 valence electrons. The van der Waals surface area contributed by atoms with Crippen molar-refractivity contribution in [3.05, 3.63) is 64.1 Å². The van der Waals surface area contributed by atoms with Crippen LogP contribution in [0.5, 0.6) is 5.75 Å². The second-order valence-electron chi connectivity index (χ2n) is 4.17. The lowest BCUT2D eigenvalue weighted by molar-refractivity contribution is -0.120. The van der Waals surface area contributed by atoms with Gasteiger partial charge in [0.05, 0.1) is 6.42 Å². The fourth-order valence-electron chi connectivity index (χ4n) is 1.73. The van der Waals surface area contributed by atoms with Gasteiger partial charge in [0.15, 0.2) is 0 Å². The molecule has 0 unspecified atom stereocenters. The summed E-state index contributed by atoms with van der Waals surface area (Å²) in [5, 5.41) is 12.4. The molecule has 0 heterocycles. The first-order valence-corrected chi connectivity index (χ1v) is 6.73. The smallest absolute Gasteiger partial charge is 0.224 e. The van der Waals surface area contributed by atoms with Gasteiger partial charge in [-0.15, -0.1) is 0 Å². The van der Waals surface area contributed by atoms with E-state index in [1.54, 1.807) is 24.3 Å². The summed E-state index contributed by atoms with van der Waals surface area (Å²) in [6, 6.07) is 14.6. The molecule has 2 rings (SSSR count). The molecule has 2 aromatic rings. The van der Waals surface area contributed by atoms with E-state index in [9.17, 15) is 9.90 Å². The van der Waals surface area contributed by atoms with E-state index in [1.807, 2.05) is 24.3 Å². The monoisotopic (exact) mass is 319 g/mol. The minimum absolute atomic E-state index is 0.114. The van der Waals surface area contributed by atoms with Gasteiger partial charge in [0.25, 0.3) is 0 Å². The lowest BCUT2D eigenvalue weighted by atomic mass is 10.1. The van der Waals surface area contributed by atoms with Crippen LogP contribution in [0.25, 0.3) is 0 Å². The molecule has 0 saturated carbocycles. The number of carbonyl (C=O) groups excluding carboxylic acids is 1. The molecule has 0 aliphatic rings. The van der Waals surface area contributed by atoms with E-state index in [2.05, 4.69) is 21.2 Å². The number of para-hydroxylation sites is 1. The van der Waals surface area contributed by atoms with Crippen LogP contribution < -0.4 is 5.32 Å².